The number of hydrogen-bond acceptors (Lipinski definition) is 3. The minimum atomic E-state index is -0.698. The molecule has 19 heavy (non-hydrogen) atoms. The van der Waals surface area contributed by atoms with Crippen LogP contribution < -0.4 is 10.6 Å². The molecule has 0 fully saturated rings. The van der Waals surface area contributed by atoms with E-state index in [1.807, 2.05) is 0 Å². The molecule has 0 aliphatic carbocycles. The molecule has 1 aromatic carbocycles. The van der Waals surface area contributed by atoms with Crippen molar-refractivity contribution in [3.8, 4) is 6.07 Å². The number of alkyl halides is 1. The molecule has 0 atom stereocenters. The fourth-order valence-corrected chi connectivity index (χ4v) is 1.26. The highest BCUT2D eigenvalue weighted by atomic mass is 35.5. The van der Waals surface area contributed by atoms with Gasteiger partial charge in [-0.2, -0.15) is 5.26 Å². The van der Waals surface area contributed by atoms with Crippen LogP contribution in [0.15, 0.2) is 30.0 Å². The number of rotatable bonds is 5. The lowest BCUT2D eigenvalue weighted by Gasteiger charge is -2.04. The lowest BCUT2D eigenvalue weighted by atomic mass is 10.2. The highest BCUT2D eigenvalue weighted by molar-refractivity contribution is 6.18. The standard InChI is InChI=1S/C12H10ClF2N3O/c13-3-4-17-12(19)8(6-16)7-18-11-5-9(14)1-2-10(11)15/h1-2,5,7,18H,3-4H2,(H,17,19)/b8-7-. The molecule has 1 aromatic rings. The van der Waals surface area contributed by atoms with Crippen LogP contribution in [0.2, 0.25) is 0 Å². The van der Waals surface area contributed by atoms with Gasteiger partial charge in [-0.15, -0.1) is 11.6 Å². The smallest absolute Gasteiger partial charge is 0.263 e. The Bertz CT molecular complexity index is 540. The van der Waals surface area contributed by atoms with E-state index >= 15 is 0 Å². The van der Waals surface area contributed by atoms with E-state index in [0.717, 1.165) is 24.4 Å². The number of carbonyl (C=O) groups excluding carboxylic acids is 1. The summed E-state index contributed by atoms with van der Waals surface area (Å²) < 4.78 is 26.2. The van der Waals surface area contributed by atoms with Crippen LogP contribution >= 0.6 is 11.6 Å². The van der Waals surface area contributed by atoms with Gasteiger partial charge < -0.3 is 10.6 Å². The van der Waals surface area contributed by atoms with Gasteiger partial charge in [0.25, 0.3) is 5.91 Å². The van der Waals surface area contributed by atoms with E-state index in [1.54, 1.807) is 6.07 Å². The Labute approximate surface area is 113 Å². The zero-order valence-corrected chi connectivity index (χ0v) is 10.5. The summed E-state index contributed by atoms with van der Waals surface area (Å²) in [6, 6.07) is 4.45. The summed E-state index contributed by atoms with van der Waals surface area (Å²) in [6.07, 6.45) is 1.00. The number of amides is 1. The van der Waals surface area contributed by atoms with Crippen molar-refractivity contribution in [1.29, 1.82) is 5.26 Å². The van der Waals surface area contributed by atoms with Crippen LogP contribution in [0.1, 0.15) is 0 Å². The maximum absolute atomic E-state index is 13.3. The fraction of sp³-hybridized carbons (Fsp3) is 0.167. The monoisotopic (exact) mass is 285 g/mol. The zero-order chi connectivity index (χ0) is 14.3. The Morgan fingerprint density at radius 1 is 1.47 bits per heavy atom. The van der Waals surface area contributed by atoms with Gasteiger partial charge in [-0.3, -0.25) is 4.79 Å². The molecule has 1 amide bonds. The normalized spacial score (nSPS) is 10.7. The maximum atomic E-state index is 13.3. The second-order valence-electron chi connectivity index (χ2n) is 3.38. The first-order chi connectivity index (χ1) is 9.08. The Hall–Kier alpha value is -2.13. The third-order valence-corrected chi connectivity index (χ3v) is 2.23. The lowest BCUT2D eigenvalue weighted by Crippen LogP contribution is -2.26. The summed E-state index contributed by atoms with van der Waals surface area (Å²) >= 11 is 5.38. The molecule has 2 N–H and O–H groups in total. The highest BCUT2D eigenvalue weighted by Gasteiger charge is 2.08. The molecule has 0 heterocycles. The van der Waals surface area contributed by atoms with Gasteiger partial charge in [0.15, 0.2) is 0 Å². The van der Waals surface area contributed by atoms with Crippen LogP contribution in [0.5, 0.6) is 0 Å². The Balaban J connectivity index is 2.80. The number of nitriles is 1. The van der Waals surface area contributed by atoms with Crippen LogP contribution in [0, 0.1) is 23.0 Å². The predicted molar refractivity (Wildman–Crippen MR) is 67.4 cm³/mol. The van der Waals surface area contributed by atoms with E-state index in [0.29, 0.717) is 0 Å². The first kappa shape index (κ1) is 14.9. The molecular weight excluding hydrogens is 276 g/mol. The number of nitrogens with one attached hydrogen (secondary N) is 2. The van der Waals surface area contributed by atoms with E-state index in [4.69, 9.17) is 16.9 Å². The minimum absolute atomic E-state index is 0.169. The first-order valence-corrected chi connectivity index (χ1v) is 5.78. The van der Waals surface area contributed by atoms with Crippen LogP contribution in [0.25, 0.3) is 0 Å². The van der Waals surface area contributed by atoms with Gasteiger partial charge in [0.05, 0.1) is 5.69 Å². The number of halogens is 3. The Morgan fingerprint density at radius 3 is 2.84 bits per heavy atom. The van der Waals surface area contributed by atoms with Crippen molar-refractivity contribution in [2.75, 3.05) is 17.7 Å². The molecule has 7 heteroatoms. The summed E-state index contributed by atoms with van der Waals surface area (Å²) in [7, 11) is 0. The van der Waals surface area contributed by atoms with Crippen LogP contribution in [-0.4, -0.2) is 18.3 Å². The summed E-state index contributed by atoms with van der Waals surface area (Å²) in [6.45, 7) is 0.202. The molecule has 0 bridgehead atoms. The molecule has 0 radical (unpaired) electrons. The molecule has 0 aromatic heterocycles. The summed E-state index contributed by atoms with van der Waals surface area (Å²) in [4.78, 5) is 11.4. The van der Waals surface area contributed by atoms with Gasteiger partial charge in [0.1, 0.15) is 23.3 Å². The number of nitrogens with zero attached hydrogens (tertiary/aromatic N) is 1. The van der Waals surface area contributed by atoms with Crippen molar-refractivity contribution < 1.29 is 13.6 Å². The third kappa shape index (κ3) is 4.56. The van der Waals surface area contributed by atoms with Gasteiger partial charge in [-0.05, 0) is 12.1 Å². The number of carbonyl (C=O) groups is 1. The van der Waals surface area contributed by atoms with Crippen LogP contribution in [-0.2, 0) is 4.79 Å². The number of benzene rings is 1. The van der Waals surface area contributed by atoms with Crippen molar-refractivity contribution >= 4 is 23.2 Å². The third-order valence-electron chi connectivity index (χ3n) is 2.05. The highest BCUT2D eigenvalue weighted by Crippen LogP contribution is 2.15. The summed E-state index contributed by atoms with van der Waals surface area (Å²) in [5.41, 5.74) is -0.438. The lowest BCUT2D eigenvalue weighted by molar-refractivity contribution is -0.117. The average molecular weight is 286 g/mol. The largest absolute Gasteiger partial charge is 0.358 e. The number of hydrogen-bond donors (Lipinski definition) is 2. The van der Waals surface area contributed by atoms with Gasteiger partial charge in [-0.25, -0.2) is 8.78 Å². The topological polar surface area (TPSA) is 64.9 Å². The van der Waals surface area contributed by atoms with Crippen molar-refractivity contribution in [3.05, 3.63) is 41.6 Å². The Kier molecular flexibility index (Phi) is 5.76. The second kappa shape index (κ2) is 7.34. The number of anilines is 1. The molecule has 0 saturated carbocycles. The van der Waals surface area contributed by atoms with E-state index in [9.17, 15) is 13.6 Å². The van der Waals surface area contributed by atoms with Crippen LogP contribution in [0.3, 0.4) is 0 Å². The van der Waals surface area contributed by atoms with Gasteiger partial charge >= 0.3 is 0 Å². The van der Waals surface area contributed by atoms with Gasteiger partial charge in [-0.1, -0.05) is 0 Å². The fourth-order valence-electron chi connectivity index (χ4n) is 1.16. The van der Waals surface area contributed by atoms with Crippen LogP contribution in [0.4, 0.5) is 14.5 Å². The molecule has 1 rings (SSSR count). The van der Waals surface area contributed by atoms with Crippen molar-refractivity contribution in [2.45, 2.75) is 0 Å². The van der Waals surface area contributed by atoms with E-state index in [2.05, 4.69) is 10.6 Å². The van der Waals surface area contributed by atoms with E-state index in [-0.39, 0.29) is 23.7 Å². The second-order valence-corrected chi connectivity index (χ2v) is 3.76. The Morgan fingerprint density at radius 2 is 2.21 bits per heavy atom. The SMILES string of the molecule is N#C/C(=C/Nc1cc(F)ccc1F)C(=O)NCCCl. The molecule has 0 spiro atoms. The van der Waals surface area contributed by atoms with Gasteiger partial charge in [0, 0.05) is 24.7 Å². The summed E-state index contributed by atoms with van der Waals surface area (Å²) in [5.74, 6) is -1.78. The predicted octanol–water partition coefficient (Wildman–Crippen LogP) is 2.14. The van der Waals surface area contributed by atoms with E-state index in [1.165, 1.54) is 0 Å². The van der Waals surface area contributed by atoms with Crippen molar-refractivity contribution in [1.82, 2.24) is 5.32 Å². The molecule has 4 nitrogen and oxygen atoms in total. The van der Waals surface area contributed by atoms with Crippen molar-refractivity contribution in [3.63, 3.8) is 0 Å². The molecule has 0 aliphatic rings. The van der Waals surface area contributed by atoms with Gasteiger partial charge in [0.2, 0.25) is 0 Å². The maximum Gasteiger partial charge on any atom is 0.263 e. The minimum Gasteiger partial charge on any atom is -0.358 e. The first-order valence-electron chi connectivity index (χ1n) is 5.24. The zero-order valence-electron chi connectivity index (χ0n) is 9.71. The summed E-state index contributed by atoms with van der Waals surface area (Å²) in [5, 5.41) is 13.5. The van der Waals surface area contributed by atoms with E-state index < -0.39 is 17.5 Å². The molecule has 100 valence electrons. The van der Waals surface area contributed by atoms with Crippen molar-refractivity contribution in [2.24, 2.45) is 0 Å². The molecule has 0 saturated heterocycles. The molecular formula is C12H10ClF2N3O. The molecule has 0 aliphatic heterocycles. The quantitative estimate of drug-likeness (QED) is 0.495. The molecule has 0 unspecified atom stereocenters. The average Bonchev–Trinajstić information content (AvgIpc) is 2.40.